The van der Waals surface area contributed by atoms with Crippen LogP contribution < -0.4 is 10.5 Å². The van der Waals surface area contributed by atoms with E-state index in [1.807, 2.05) is 6.07 Å². The molecule has 1 aliphatic heterocycles. The Labute approximate surface area is 154 Å². The van der Waals surface area contributed by atoms with Crippen LogP contribution in [0, 0.1) is 17.2 Å². The average molecular weight is 460 g/mol. The molecule has 1 aliphatic rings. The molecule has 2 atom stereocenters. The first-order valence-corrected chi connectivity index (χ1v) is 8.16. The molecule has 126 valence electrons. The number of nitriles is 1. The molecule has 9 heteroatoms. The van der Waals surface area contributed by atoms with Crippen molar-refractivity contribution in [2.24, 2.45) is 11.7 Å². The summed E-state index contributed by atoms with van der Waals surface area (Å²) in [5.74, 6) is -3.79. The zero-order valence-corrected chi connectivity index (χ0v) is 15.8. The SMILES string of the molecule is COC(=O)C1=C(N)Oc2c(Br)cc(Br)cc2[C@H]1[C@@H](C#N)C(=O)OC. The summed E-state index contributed by atoms with van der Waals surface area (Å²) < 4.78 is 16.1. The van der Waals surface area contributed by atoms with Gasteiger partial charge in [0.25, 0.3) is 0 Å². The molecule has 0 saturated carbocycles. The molecule has 0 amide bonds. The molecule has 24 heavy (non-hydrogen) atoms. The summed E-state index contributed by atoms with van der Waals surface area (Å²) in [7, 11) is 2.33. The third kappa shape index (κ3) is 3.12. The van der Waals surface area contributed by atoms with Gasteiger partial charge in [-0.3, -0.25) is 4.79 Å². The number of carbonyl (C=O) groups excluding carboxylic acids is 2. The summed E-state index contributed by atoms with van der Waals surface area (Å²) in [4.78, 5) is 24.2. The summed E-state index contributed by atoms with van der Waals surface area (Å²) in [6, 6.07) is 5.23. The third-order valence-corrected chi connectivity index (χ3v) is 4.54. The molecule has 1 heterocycles. The topological polar surface area (TPSA) is 112 Å². The molecule has 0 spiro atoms. The minimum Gasteiger partial charge on any atom is -0.468 e. The zero-order chi connectivity index (χ0) is 18.0. The molecule has 2 rings (SSSR count). The average Bonchev–Trinajstić information content (AvgIpc) is 2.55. The number of esters is 2. The van der Waals surface area contributed by atoms with Crippen LogP contribution in [0.1, 0.15) is 11.5 Å². The number of benzene rings is 1. The first kappa shape index (κ1) is 18.3. The van der Waals surface area contributed by atoms with E-state index >= 15 is 0 Å². The van der Waals surface area contributed by atoms with Gasteiger partial charge in [-0.1, -0.05) is 15.9 Å². The second-order valence-electron chi connectivity index (χ2n) is 4.79. The molecular formula is C15H12Br2N2O5. The van der Waals surface area contributed by atoms with Crippen molar-refractivity contribution in [2.45, 2.75) is 5.92 Å². The number of hydrogen-bond donors (Lipinski definition) is 1. The number of carbonyl (C=O) groups is 2. The Hall–Kier alpha value is -2.05. The highest BCUT2D eigenvalue weighted by Gasteiger charge is 2.43. The Morgan fingerprint density at radius 3 is 2.54 bits per heavy atom. The van der Waals surface area contributed by atoms with Gasteiger partial charge in [-0.15, -0.1) is 0 Å². The fourth-order valence-electron chi connectivity index (χ4n) is 2.47. The van der Waals surface area contributed by atoms with Crippen molar-refractivity contribution < 1.29 is 23.8 Å². The van der Waals surface area contributed by atoms with Crippen LogP contribution in [0.3, 0.4) is 0 Å². The Morgan fingerprint density at radius 1 is 1.33 bits per heavy atom. The molecule has 0 fully saturated rings. The van der Waals surface area contributed by atoms with Crippen LogP contribution in [-0.4, -0.2) is 26.2 Å². The van der Waals surface area contributed by atoms with Gasteiger partial charge in [0.05, 0.1) is 30.7 Å². The number of rotatable bonds is 3. The quantitative estimate of drug-likeness (QED) is 0.690. The summed E-state index contributed by atoms with van der Waals surface area (Å²) in [5, 5.41) is 9.47. The van der Waals surface area contributed by atoms with Crippen LogP contribution in [0.15, 0.2) is 32.5 Å². The highest BCUT2D eigenvalue weighted by Crippen LogP contribution is 2.47. The van der Waals surface area contributed by atoms with E-state index in [-0.39, 0.29) is 11.5 Å². The molecule has 2 N–H and O–H groups in total. The Morgan fingerprint density at radius 2 is 2.00 bits per heavy atom. The molecule has 0 radical (unpaired) electrons. The molecule has 1 aromatic rings. The molecule has 0 aliphatic carbocycles. The predicted octanol–water partition coefficient (Wildman–Crippen LogP) is 2.34. The van der Waals surface area contributed by atoms with E-state index in [0.717, 1.165) is 7.11 Å². The van der Waals surface area contributed by atoms with E-state index in [0.29, 0.717) is 20.3 Å². The van der Waals surface area contributed by atoms with E-state index in [9.17, 15) is 14.9 Å². The highest BCUT2D eigenvalue weighted by molar-refractivity contribution is 9.11. The zero-order valence-electron chi connectivity index (χ0n) is 12.6. The maximum atomic E-state index is 12.2. The van der Waals surface area contributed by atoms with Gasteiger partial charge >= 0.3 is 11.9 Å². The minimum absolute atomic E-state index is 0.105. The van der Waals surface area contributed by atoms with Crippen molar-refractivity contribution in [3.63, 3.8) is 0 Å². The number of nitrogens with two attached hydrogens (primary N) is 1. The first-order chi connectivity index (χ1) is 11.3. The largest absolute Gasteiger partial charge is 0.468 e. The number of halogens is 2. The standard InChI is InChI=1S/C15H12Br2N2O5/c1-22-14(20)8(5-18)10-7-3-6(16)4-9(17)12(7)24-13(19)11(10)15(21)23-2/h3-4,8,10H,19H2,1-2H3/t8-,10+/m1/s1. The minimum atomic E-state index is -1.30. The van der Waals surface area contributed by atoms with Crippen LogP contribution in [0.4, 0.5) is 0 Å². The van der Waals surface area contributed by atoms with Gasteiger partial charge in [-0.2, -0.15) is 5.26 Å². The van der Waals surface area contributed by atoms with Crippen LogP contribution in [0.5, 0.6) is 5.75 Å². The molecular weight excluding hydrogens is 448 g/mol. The summed E-state index contributed by atoms with van der Waals surface area (Å²) in [6.45, 7) is 0. The summed E-state index contributed by atoms with van der Waals surface area (Å²) >= 11 is 6.67. The Bertz CT molecular complexity index is 785. The van der Waals surface area contributed by atoms with Gasteiger partial charge < -0.3 is 19.9 Å². The van der Waals surface area contributed by atoms with E-state index in [1.54, 1.807) is 12.1 Å². The number of ether oxygens (including phenoxy) is 3. The van der Waals surface area contributed by atoms with E-state index in [2.05, 4.69) is 36.6 Å². The number of hydrogen-bond acceptors (Lipinski definition) is 7. The van der Waals surface area contributed by atoms with Crippen molar-refractivity contribution in [3.05, 3.63) is 38.1 Å². The van der Waals surface area contributed by atoms with Gasteiger partial charge in [0.1, 0.15) is 11.3 Å². The summed E-state index contributed by atoms with van der Waals surface area (Å²) in [6.07, 6.45) is 0. The van der Waals surface area contributed by atoms with Crippen molar-refractivity contribution in [3.8, 4) is 11.8 Å². The first-order valence-electron chi connectivity index (χ1n) is 6.57. The lowest BCUT2D eigenvalue weighted by atomic mass is 9.79. The molecule has 7 nitrogen and oxygen atoms in total. The highest BCUT2D eigenvalue weighted by atomic mass is 79.9. The Kier molecular flexibility index (Phi) is 5.51. The molecule has 0 bridgehead atoms. The molecule has 1 aromatic carbocycles. The van der Waals surface area contributed by atoms with Gasteiger partial charge in [0.15, 0.2) is 5.92 Å². The van der Waals surface area contributed by atoms with E-state index in [4.69, 9.17) is 15.2 Å². The van der Waals surface area contributed by atoms with E-state index in [1.165, 1.54) is 7.11 Å². The molecule has 0 unspecified atom stereocenters. The van der Waals surface area contributed by atoms with Gasteiger partial charge in [0.2, 0.25) is 5.88 Å². The monoisotopic (exact) mass is 458 g/mol. The van der Waals surface area contributed by atoms with Crippen molar-refractivity contribution in [1.29, 1.82) is 5.26 Å². The normalized spacial score (nSPS) is 17.2. The van der Waals surface area contributed by atoms with Gasteiger partial charge in [-0.05, 0) is 28.1 Å². The smallest absolute Gasteiger partial charge is 0.339 e. The maximum absolute atomic E-state index is 12.2. The van der Waals surface area contributed by atoms with Crippen LogP contribution >= 0.6 is 31.9 Å². The second-order valence-corrected chi connectivity index (χ2v) is 6.56. The lowest BCUT2D eigenvalue weighted by Crippen LogP contribution is -2.33. The third-order valence-electron chi connectivity index (χ3n) is 3.49. The number of fused-ring (bicyclic) bond motifs is 1. The summed E-state index contributed by atoms with van der Waals surface area (Å²) in [5.41, 5.74) is 6.19. The molecule has 0 saturated heterocycles. The number of nitrogens with zero attached hydrogens (tertiary/aromatic N) is 1. The fraction of sp³-hybridized carbons (Fsp3) is 0.267. The van der Waals surface area contributed by atoms with E-state index < -0.39 is 23.8 Å². The number of methoxy groups -OCH3 is 2. The fourth-order valence-corrected chi connectivity index (χ4v) is 3.81. The van der Waals surface area contributed by atoms with Crippen LogP contribution in [0.25, 0.3) is 0 Å². The second kappa shape index (κ2) is 7.23. The predicted molar refractivity (Wildman–Crippen MR) is 89.6 cm³/mol. The van der Waals surface area contributed by atoms with Crippen molar-refractivity contribution in [1.82, 2.24) is 0 Å². The van der Waals surface area contributed by atoms with Gasteiger partial charge in [-0.25, -0.2) is 4.79 Å². The van der Waals surface area contributed by atoms with Crippen LogP contribution in [0.2, 0.25) is 0 Å². The van der Waals surface area contributed by atoms with Crippen molar-refractivity contribution >= 4 is 43.8 Å². The lowest BCUT2D eigenvalue weighted by molar-refractivity contribution is -0.144. The van der Waals surface area contributed by atoms with Gasteiger partial charge in [0, 0.05) is 10.0 Å². The molecule has 0 aromatic heterocycles. The maximum Gasteiger partial charge on any atom is 0.339 e. The van der Waals surface area contributed by atoms with Crippen molar-refractivity contribution in [2.75, 3.05) is 14.2 Å². The Balaban J connectivity index is 2.76. The lowest BCUT2D eigenvalue weighted by Gasteiger charge is -2.30. The van der Waals surface area contributed by atoms with Crippen LogP contribution in [-0.2, 0) is 19.1 Å².